The van der Waals surface area contributed by atoms with Crippen LogP contribution < -0.4 is 24.7 Å². The number of rotatable bonds is 6. The number of aromatic nitrogens is 2. The van der Waals surface area contributed by atoms with Crippen molar-refractivity contribution in [1.29, 1.82) is 0 Å². The van der Waals surface area contributed by atoms with Gasteiger partial charge in [-0.05, 0) is 17.7 Å². The number of nitrogens with two attached hydrogens (primary N) is 1. The van der Waals surface area contributed by atoms with Crippen molar-refractivity contribution < 1.29 is 24.1 Å². The van der Waals surface area contributed by atoms with Crippen LogP contribution in [0.3, 0.4) is 0 Å². The lowest BCUT2D eigenvalue weighted by Gasteiger charge is -2.18. The van der Waals surface area contributed by atoms with E-state index in [9.17, 15) is 5.11 Å². The van der Waals surface area contributed by atoms with Gasteiger partial charge in [0.15, 0.2) is 11.5 Å². The number of phenols is 1. The van der Waals surface area contributed by atoms with Gasteiger partial charge < -0.3 is 29.8 Å². The normalized spacial score (nSPS) is 10.4. The van der Waals surface area contributed by atoms with Crippen molar-refractivity contribution in [3.63, 3.8) is 0 Å². The fourth-order valence-electron chi connectivity index (χ4n) is 2.94. The zero-order chi connectivity index (χ0) is 20.3. The molecule has 28 heavy (non-hydrogen) atoms. The predicted molar refractivity (Wildman–Crippen MR) is 105 cm³/mol. The second-order valence-electron chi connectivity index (χ2n) is 5.76. The Balaban J connectivity index is 2.31. The van der Waals surface area contributed by atoms with Crippen molar-refractivity contribution in [2.75, 3.05) is 34.2 Å². The average molecular weight is 383 g/mol. The number of methoxy groups -OCH3 is 4. The number of ether oxygens (including phenoxy) is 4. The second-order valence-corrected chi connectivity index (χ2v) is 5.76. The Morgan fingerprint density at radius 2 is 1.57 bits per heavy atom. The molecule has 0 amide bonds. The zero-order valence-corrected chi connectivity index (χ0v) is 16.0. The SMILES string of the molecule is COc1ccc(-c2cnc(N)nc2-c2c(O)cc(OC)c(OC)c2OC)cc1. The maximum atomic E-state index is 10.7. The predicted octanol–water partition coefficient (Wildman–Crippen LogP) is 3.13. The lowest BCUT2D eigenvalue weighted by atomic mass is 9.98. The summed E-state index contributed by atoms with van der Waals surface area (Å²) in [5.41, 5.74) is 8.01. The van der Waals surface area contributed by atoms with Crippen LogP contribution in [0.5, 0.6) is 28.7 Å². The van der Waals surface area contributed by atoms with Crippen LogP contribution in [0.1, 0.15) is 0 Å². The van der Waals surface area contributed by atoms with Gasteiger partial charge in [0, 0.05) is 17.8 Å². The monoisotopic (exact) mass is 383 g/mol. The van der Waals surface area contributed by atoms with Crippen LogP contribution in [0.25, 0.3) is 22.4 Å². The first-order valence-electron chi connectivity index (χ1n) is 8.33. The third kappa shape index (κ3) is 3.32. The molecule has 0 aliphatic rings. The van der Waals surface area contributed by atoms with Gasteiger partial charge in [-0.25, -0.2) is 9.97 Å². The summed E-state index contributed by atoms with van der Waals surface area (Å²) in [6.45, 7) is 0. The number of hydrogen-bond acceptors (Lipinski definition) is 8. The molecule has 0 unspecified atom stereocenters. The lowest BCUT2D eigenvalue weighted by Crippen LogP contribution is -2.02. The van der Waals surface area contributed by atoms with Crippen LogP contribution in [0, 0.1) is 0 Å². The van der Waals surface area contributed by atoms with Crippen LogP contribution in [0.2, 0.25) is 0 Å². The molecule has 0 radical (unpaired) electrons. The van der Waals surface area contributed by atoms with Gasteiger partial charge in [0.1, 0.15) is 11.5 Å². The molecule has 0 aliphatic heterocycles. The number of benzene rings is 2. The number of phenolic OH excluding ortho intramolecular Hbond substituents is 1. The second kappa shape index (κ2) is 7.91. The Morgan fingerprint density at radius 3 is 2.14 bits per heavy atom. The third-order valence-electron chi connectivity index (χ3n) is 4.25. The summed E-state index contributed by atoms with van der Waals surface area (Å²) in [5.74, 6) is 1.61. The van der Waals surface area contributed by atoms with Crippen LogP contribution in [0.4, 0.5) is 5.95 Å². The Bertz CT molecular complexity index is 990. The van der Waals surface area contributed by atoms with E-state index >= 15 is 0 Å². The standard InChI is InChI=1S/C20H21N3O5/c1-25-12-7-5-11(6-8-12)13-10-22-20(21)23-17(13)16-14(24)9-15(26-2)18(27-3)19(16)28-4/h5-10,24H,1-4H3,(H2,21,22,23). The summed E-state index contributed by atoms with van der Waals surface area (Å²) < 4.78 is 21.4. The molecule has 3 rings (SSSR count). The van der Waals surface area contributed by atoms with Crippen molar-refractivity contribution in [2.45, 2.75) is 0 Å². The van der Waals surface area contributed by atoms with Gasteiger partial charge in [-0.2, -0.15) is 0 Å². The maximum absolute atomic E-state index is 10.7. The van der Waals surface area contributed by atoms with Gasteiger partial charge in [0.2, 0.25) is 11.7 Å². The van der Waals surface area contributed by atoms with Crippen molar-refractivity contribution in [1.82, 2.24) is 9.97 Å². The lowest BCUT2D eigenvalue weighted by molar-refractivity contribution is 0.321. The van der Waals surface area contributed by atoms with E-state index in [1.165, 1.54) is 27.4 Å². The van der Waals surface area contributed by atoms with Crippen molar-refractivity contribution in [2.24, 2.45) is 0 Å². The highest BCUT2D eigenvalue weighted by Gasteiger charge is 2.25. The van der Waals surface area contributed by atoms with E-state index in [-0.39, 0.29) is 17.4 Å². The summed E-state index contributed by atoms with van der Waals surface area (Å²) in [4.78, 5) is 8.46. The van der Waals surface area contributed by atoms with Crippen LogP contribution >= 0.6 is 0 Å². The van der Waals surface area contributed by atoms with Gasteiger partial charge in [0.05, 0.1) is 39.7 Å². The summed E-state index contributed by atoms with van der Waals surface area (Å²) in [6, 6.07) is 8.80. The first-order valence-corrected chi connectivity index (χ1v) is 8.33. The fourth-order valence-corrected chi connectivity index (χ4v) is 2.94. The summed E-state index contributed by atoms with van der Waals surface area (Å²) in [5, 5.41) is 10.7. The first-order chi connectivity index (χ1) is 13.5. The van der Waals surface area contributed by atoms with Crippen LogP contribution in [-0.2, 0) is 0 Å². The van der Waals surface area contributed by atoms with E-state index < -0.39 is 0 Å². The van der Waals surface area contributed by atoms with E-state index in [2.05, 4.69) is 9.97 Å². The topological polar surface area (TPSA) is 109 Å². The molecule has 3 N–H and O–H groups in total. The summed E-state index contributed by atoms with van der Waals surface area (Å²) >= 11 is 0. The fraction of sp³-hybridized carbons (Fsp3) is 0.200. The molecule has 1 aromatic heterocycles. The Kier molecular flexibility index (Phi) is 5.39. The van der Waals surface area contributed by atoms with E-state index in [4.69, 9.17) is 24.7 Å². The highest BCUT2D eigenvalue weighted by atomic mass is 16.5. The smallest absolute Gasteiger partial charge is 0.220 e. The van der Waals surface area contributed by atoms with Gasteiger partial charge in [0.25, 0.3) is 0 Å². The molecule has 2 aromatic carbocycles. The first kappa shape index (κ1) is 19.1. The zero-order valence-electron chi connectivity index (χ0n) is 16.0. The molecule has 8 heteroatoms. The van der Waals surface area contributed by atoms with Gasteiger partial charge in [-0.15, -0.1) is 0 Å². The number of hydrogen-bond donors (Lipinski definition) is 2. The average Bonchev–Trinajstić information content (AvgIpc) is 2.72. The largest absolute Gasteiger partial charge is 0.507 e. The third-order valence-corrected chi connectivity index (χ3v) is 4.25. The quantitative estimate of drug-likeness (QED) is 0.668. The molecular formula is C20H21N3O5. The minimum absolute atomic E-state index is 0.0588. The Morgan fingerprint density at radius 1 is 0.893 bits per heavy atom. The van der Waals surface area contributed by atoms with E-state index in [0.29, 0.717) is 34.1 Å². The number of nitrogens with zero attached hydrogens (tertiary/aromatic N) is 2. The number of anilines is 1. The maximum Gasteiger partial charge on any atom is 0.220 e. The van der Waals surface area contributed by atoms with Gasteiger partial charge in [-0.1, -0.05) is 12.1 Å². The molecule has 0 bridgehead atoms. The molecule has 1 heterocycles. The highest BCUT2D eigenvalue weighted by molar-refractivity contribution is 5.89. The number of aromatic hydroxyl groups is 1. The summed E-state index contributed by atoms with van der Waals surface area (Å²) in [7, 11) is 6.03. The van der Waals surface area contributed by atoms with Crippen LogP contribution in [0.15, 0.2) is 36.5 Å². The molecule has 0 aliphatic carbocycles. The van der Waals surface area contributed by atoms with Crippen LogP contribution in [-0.4, -0.2) is 43.5 Å². The van der Waals surface area contributed by atoms with E-state index in [1.807, 2.05) is 24.3 Å². The molecule has 3 aromatic rings. The molecule has 0 saturated carbocycles. The number of nitrogen functional groups attached to an aromatic ring is 1. The highest BCUT2D eigenvalue weighted by Crippen LogP contribution is 2.50. The van der Waals surface area contributed by atoms with Crippen molar-refractivity contribution in [3.8, 4) is 51.1 Å². The Labute approximate surface area is 162 Å². The van der Waals surface area contributed by atoms with Crippen molar-refractivity contribution >= 4 is 5.95 Å². The molecule has 0 saturated heterocycles. The molecule has 0 fully saturated rings. The van der Waals surface area contributed by atoms with E-state index in [1.54, 1.807) is 13.3 Å². The molecule has 0 atom stereocenters. The molecule has 0 spiro atoms. The van der Waals surface area contributed by atoms with Gasteiger partial charge in [-0.3, -0.25) is 0 Å². The molecule has 146 valence electrons. The molecular weight excluding hydrogens is 362 g/mol. The van der Waals surface area contributed by atoms with Crippen molar-refractivity contribution in [3.05, 3.63) is 36.5 Å². The van der Waals surface area contributed by atoms with E-state index in [0.717, 1.165) is 5.56 Å². The van der Waals surface area contributed by atoms with Gasteiger partial charge >= 0.3 is 0 Å². The summed E-state index contributed by atoms with van der Waals surface area (Å²) in [6.07, 6.45) is 1.59. The minimum atomic E-state index is -0.0950. The Hall–Kier alpha value is -3.68. The minimum Gasteiger partial charge on any atom is -0.507 e. The molecule has 8 nitrogen and oxygen atoms in total.